The van der Waals surface area contributed by atoms with Crippen molar-refractivity contribution in [3.8, 4) is 16.9 Å². The van der Waals surface area contributed by atoms with Crippen LogP contribution >= 0.6 is 11.6 Å². The second kappa shape index (κ2) is 5.70. The molecule has 0 saturated heterocycles. The van der Waals surface area contributed by atoms with E-state index in [1.807, 2.05) is 24.3 Å². The average Bonchev–Trinajstić information content (AvgIpc) is 2.55. The summed E-state index contributed by atoms with van der Waals surface area (Å²) in [6.45, 7) is 0. The molecule has 0 saturated carbocycles. The van der Waals surface area contributed by atoms with E-state index in [1.54, 1.807) is 30.3 Å². The largest absolute Gasteiger partial charge is 0.506 e. The third kappa shape index (κ3) is 2.40. The quantitative estimate of drug-likeness (QED) is 0.700. The molecule has 110 valence electrons. The van der Waals surface area contributed by atoms with Crippen LogP contribution in [-0.4, -0.2) is 18.2 Å². The SMILES string of the molecule is COC(=O)c1ccc2cccc(-c3cccc(Cl)c3O)c2c1. The molecular formula is C18H13ClO3. The molecule has 1 N–H and O–H groups in total. The molecule has 3 aromatic rings. The maximum Gasteiger partial charge on any atom is 0.337 e. The minimum absolute atomic E-state index is 0.0279. The molecule has 0 bridgehead atoms. The Morgan fingerprint density at radius 3 is 2.55 bits per heavy atom. The molecule has 3 rings (SSSR count). The summed E-state index contributed by atoms with van der Waals surface area (Å²) in [6, 6.07) is 16.3. The minimum atomic E-state index is -0.396. The number of ether oxygens (including phenoxy) is 1. The molecular weight excluding hydrogens is 300 g/mol. The number of phenols is 1. The van der Waals surface area contributed by atoms with Crippen molar-refractivity contribution in [1.29, 1.82) is 0 Å². The van der Waals surface area contributed by atoms with Crippen molar-refractivity contribution in [2.45, 2.75) is 0 Å². The van der Waals surface area contributed by atoms with Gasteiger partial charge in [0.25, 0.3) is 0 Å². The Labute approximate surface area is 132 Å². The van der Waals surface area contributed by atoms with E-state index in [2.05, 4.69) is 0 Å². The highest BCUT2D eigenvalue weighted by molar-refractivity contribution is 6.32. The molecule has 0 fully saturated rings. The van der Waals surface area contributed by atoms with Crippen LogP contribution in [0.4, 0.5) is 0 Å². The lowest BCUT2D eigenvalue weighted by molar-refractivity contribution is 0.0601. The first-order valence-electron chi connectivity index (χ1n) is 6.71. The summed E-state index contributed by atoms with van der Waals surface area (Å²) < 4.78 is 4.76. The number of rotatable bonds is 2. The molecule has 0 amide bonds. The minimum Gasteiger partial charge on any atom is -0.506 e. The van der Waals surface area contributed by atoms with Crippen molar-refractivity contribution in [3.05, 3.63) is 65.2 Å². The van der Waals surface area contributed by atoms with Crippen LogP contribution in [0, 0.1) is 0 Å². The van der Waals surface area contributed by atoms with Crippen molar-refractivity contribution in [3.63, 3.8) is 0 Å². The van der Waals surface area contributed by atoms with E-state index in [0.29, 0.717) is 16.1 Å². The molecule has 22 heavy (non-hydrogen) atoms. The van der Waals surface area contributed by atoms with Crippen molar-refractivity contribution in [1.82, 2.24) is 0 Å². The second-order valence-electron chi connectivity index (χ2n) is 4.87. The van der Waals surface area contributed by atoms with E-state index in [4.69, 9.17) is 16.3 Å². The van der Waals surface area contributed by atoms with Gasteiger partial charge in [0.15, 0.2) is 0 Å². The van der Waals surface area contributed by atoms with Gasteiger partial charge in [0, 0.05) is 5.56 Å². The Balaban J connectivity index is 2.29. The number of esters is 1. The number of carbonyl (C=O) groups is 1. The zero-order chi connectivity index (χ0) is 15.7. The zero-order valence-electron chi connectivity index (χ0n) is 11.8. The number of halogens is 1. The van der Waals surface area contributed by atoms with Gasteiger partial charge in [-0.2, -0.15) is 0 Å². The fourth-order valence-corrected chi connectivity index (χ4v) is 2.66. The normalized spacial score (nSPS) is 10.6. The number of para-hydroxylation sites is 1. The maximum atomic E-state index is 11.7. The Hall–Kier alpha value is -2.52. The smallest absolute Gasteiger partial charge is 0.337 e. The lowest BCUT2D eigenvalue weighted by atomic mass is 9.96. The molecule has 0 atom stereocenters. The molecule has 0 aliphatic carbocycles. The Bertz CT molecular complexity index is 871. The van der Waals surface area contributed by atoms with Gasteiger partial charge < -0.3 is 9.84 Å². The lowest BCUT2D eigenvalue weighted by Crippen LogP contribution is -2.00. The summed E-state index contributed by atoms with van der Waals surface area (Å²) in [4.78, 5) is 11.7. The highest BCUT2D eigenvalue weighted by Gasteiger charge is 2.13. The molecule has 0 aliphatic rings. The summed E-state index contributed by atoms with van der Waals surface area (Å²) in [7, 11) is 1.35. The van der Waals surface area contributed by atoms with E-state index in [0.717, 1.165) is 16.3 Å². The molecule has 0 unspecified atom stereocenters. The number of fused-ring (bicyclic) bond motifs is 1. The molecule has 0 heterocycles. The number of benzene rings is 3. The molecule has 0 spiro atoms. The van der Waals surface area contributed by atoms with Crippen LogP contribution in [0.1, 0.15) is 10.4 Å². The first-order chi connectivity index (χ1) is 10.6. The van der Waals surface area contributed by atoms with Crippen molar-refractivity contribution < 1.29 is 14.6 Å². The Morgan fingerprint density at radius 2 is 1.77 bits per heavy atom. The monoisotopic (exact) mass is 312 g/mol. The van der Waals surface area contributed by atoms with Crippen molar-refractivity contribution >= 4 is 28.3 Å². The van der Waals surface area contributed by atoms with Gasteiger partial charge in [-0.25, -0.2) is 4.79 Å². The predicted octanol–water partition coefficient (Wildman–Crippen LogP) is 4.65. The van der Waals surface area contributed by atoms with E-state index < -0.39 is 5.97 Å². The summed E-state index contributed by atoms with van der Waals surface area (Å²) >= 11 is 5.99. The highest BCUT2D eigenvalue weighted by Crippen LogP contribution is 2.38. The van der Waals surface area contributed by atoms with E-state index in [-0.39, 0.29) is 5.75 Å². The molecule has 3 nitrogen and oxygen atoms in total. The molecule has 4 heteroatoms. The van der Waals surface area contributed by atoms with Gasteiger partial charge in [-0.3, -0.25) is 0 Å². The highest BCUT2D eigenvalue weighted by atomic mass is 35.5. The number of methoxy groups -OCH3 is 1. The van der Waals surface area contributed by atoms with Gasteiger partial charge in [0.1, 0.15) is 5.75 Å². The van der Waals surface area contributed by atoms with E-state index in [9.17, 15) is 9.90 Å². The summed E-state index contributed by atoms with van der Waals surface area (Å²) in [5.74, 6) is -0.368. The third-order valence-corrected chi connectivity index (χ3v) is 3.89. The fourth-order valence-electron chi connectivity index (χ4n) is 2.49. The number of hydrogen-bond acceptors (Lipinski definition) is 3. The lowest BCUT2D eigenvalue weighted by Gasteiger charge is -2.11. The molecule has 3 aromatic carbocycles. The first-order valence-corrected chi connectivity index (χ1v) is 7.08. The Morgan fingerprint density at radius 1 is 1.05 bits per heavy atom. The van der Waals surface area contributed by atoms with Crippen LogP contribution in [0.15, 0.2) is 54.6 Å². The van der Waals surface area contributed by atoms with Crippen LogP contribution in [0.2, 0.25) is 5.02 Å². The van der Waals surface area contributed by atoms with Crippen LogP contribution in [-0.2, 0) is 4.74 Å². The van der Waals surface area contributed by atoms with Crippen LogP contribution in [0.5, 0.6) is 5.75 Å². The number of carbonyl (C=O) groups excluding carboxylic acids is 1. The zero-order valence-corrected chi connectivity index (χ0v) is 12.6. The van der Waals surface area contributed by atoms with Gasteiger partial charge in [-0.1, -0.05) is 48.0 Å². The fraction of sp³-hybridized carbons (Fsp3) is 0.0556. The molecule has 0 aromatic heterocycles. The first kappa shape index (κ1) is 14.4. The summed E-state index contributed by atoms with van der Waals surface area (Å²) in [5.41, 5.74) is 1.90. The standard InChI is InChI=1S/C18H13ClO3/c1-22-18(21)12-9-8-11-4-2-5-13(15(11)10-12)14-6-3-7-16(19)17(14)20/h2-10,20H,1H3. The number of phenolic OH excluding ortho intramolecular Hbond substituents is 1. The topological polar surface area (TPSA) is 46.5 Å². The van der Waals surface area contributed by atoms with Crippen molar-refractivity contribution in [2.24, 2.45) is 0 Å². The summed E-state index contributed by atoms with van der Waals surface area (Å²) in [6.07, 6.45) is 0. The van der Waals surface area contributed by atoms with Crippen LogP contribution in [0.3, 0.4) is 0 Å². The second-order valence-corrected chi connectivity index (χ2v) is 5.28. The van der Waals surface area contributed by atoms with Gasteiger partial charge in [0.05, 0.1) is 17.7 Å². The van der Waals surface area contributed by atoms with Gasteiger partial charge >= 0.3 is 5.97 Å². The van der Waals surface area contributed by atoms with Gasteiger partial charge in [-0.15, -0.1) is 0 Å². The summed E-state index contributed by atoms with van der Waals surface area (Å²) in [5, 5.41) is 12.3. The number of hydrogen-bond donors (Lipinski definition) is 1. The van der Waals surface area contributed by atoms with Crippen LogP contribution < -0.4 is 0 Å². The third-order valence-electron chi connectivity index (χ3n) is 3.58. The molecule has 0 radical (unpaired) electrons. The molecule has 0 aliphatic heterocycles. The number of aromatic hydroxyl groups is 1. The van der Waals surface area contributed by atoms with E-state index >= 15 is 0 Å². The van der Waals surface area contributed by atoms with E-state index in [1.165, 1.54) is 7.11 Å². The van der Waals surface area contributed by atoms with Gasteiger partial charge in [-0.05, 0) is 34.5 Å². The van der Waals surface area contributed by atoms with Crippen molar-refractivity contribution in [2.75, 3.05) is 7.11 Å². The van der Waals surface area contributed by atoms with Gasteiger partial charge in [0.2, 0.25) is 0 Å². The average molecular weight is 313 g/mol. The Kier molecular flexibility index (Phi) is 3.73. The maximum absolute atomic E-state index is 11.7. The predicted molar refractivity (Wildman–Crippen MR) is 87.4 cm³/mol. The van der Waals surface area contributed by atoms with Crippen LogP contribution in [0.25, 0.3) is 21.9 Å².